The molecule has 0 radical (unpaired) electrons. The number of hydrogen-bond donors (Lipinski definition) is 2. The molecule has 0 fully saturated rings. The minimum atomic E-state index is 0.306. The maximum atomic E-state index is 6.02. The number of aryl methyl sites for hydroxylation is 2. The lowest BCUT2D eigenvalue weighted by Crippen LogP contribution is -2.01. The molecule has 2 aromatic heterocycles. The van der Waals surface area contributed by atoms with Crippen molar-refractivity contribution in [2.24, 2.45) is 0 Å². The molecule has 0 aliphatic heterocycles. The maximum absolute atomic E-state index is 6.02. The lowest BCUT2D eigenvalue weighted by atomic mass is 10.1. The van der Waals surface area contributed by atoms with Crippen molar-refractivity contribution in [3.8, 4) is 5.13 Å². The average molecular weight is 336 g/mol. The van der Waals surface area contributed by atoms with E-state index < -0.39 is 0 Å². The van der Waals surface area contributed by atoms with E-state index in [0.29, 0.717) is 17.0 Å². The van der Waals surface area contributed by atoms with Crippen LogP contribution in [0.4, 0.5) is 17.6 Å². The third kappa shape index (κ3) is 2.59. The summed E-state index contributed by atoms with van der Waals surface area (Å²) in [6.45, 7) is 4.15. The topological polar surface area (TPSA) is 81.6 Å². The molecule has 2 heterocycles. The largest absolute Gasteiger partial charge is 0.368 e. The molecule has 2 aromatic carbocycles. The summed E-state index contributed by atoms with van der Waals surface area (Å²) < 4.78 is 2.65. The third-order valence-electron chi connectivity index (χ3n) is 3.86. The van der Waals surface area contributed by atoms with Crippen LogP contribution in [0.5, 0.6) is 0 Å². The zero-order chi connectivity index (χ0) is 16.7. The van der Waals surface area contributed by atoms with Gasteiger partial charge in [0.15, 0.2) is 0 Å². The molecular weight excluding hydrogens is 320 g/mol. The lowest BCUT2D eigenvalue weighted by molar-refractivity contribution is 0.886. The number of nitrogens with zero attached hydrogens (tertiary/aromatic N) is 4. The molecule has 0 aliphatic carbocycles. The zero-order valence-electron chi connectivity index (χ0n) is 13.3. The Morgan fingerprint density at radius 2 is 1.88 bits per heavy atom. The zero-order valence-corrected chi connectivity index (χ0v) is 14.1. The number of benzene rings is 2. The third-order valence-corrected chi connectivity index (χ3v) is 4.87. The number of hydrogen-bond acceptors (Lipinski definition) is 6. The van der Waals surface area contributed by atoms with Gasteiger partial charge in [-0.05, 0) is 49.2 Å². The molecule has 0 unspecified atom stereocenters. The smallest absolute Gasteiger partial charge is 0.248 e. The Morgan fingerprint density at radius 3 is 2.67 bits per heavy atom. The van der Waals surface area contributed by atoms with E-state index >= 15 is 0 Å². The predicted molar refractivity (Wildman–Crippen MR) is 98.1 cm³/mol. The second-order valence-electron chi connectivity index (χ2n) is 5.59. The van der Waals surface area contributed by atoms with E-state index in [0.717, 1.165) is 15.9 Å². The van der Waals surface area contributed by atoms with Gasteiger partial charge < -0.3 is 11.1 Å². The highest BCUT2D eigenvalue weighted by Crippen LogP contribution is 2.26. The van der Waals surface area contributed by atoms with Crippen LogP contribution >= 0.6 is 11.3 Å². The quantitative estimate of drug-likeness (QED) is 0.594. The van der Waals surface area contributed by atoms with E-state index in [1.165, 1.54) is 22.5 Å². The van der Waals surface area contributed by atoms with E-state index in [4.69, 9.17) is 5.73 Å². The predicted octanol–water partition coefficient (Wildman–Crippen LogP) is 3.82. The first-order valence-corrected chi connectivity index (χ1v) is 8.34. The molecule has 6 nitrogen and oxygen atoms in total. The van der Waals surface area contributed by atoms with Crippen LogP contribution in [-0.4, -0.2) is 19.7 Å². The van der Waals surface area contributed by atoms with Gasteiger partial charge in [0.1, 0.15) is 0 Å². The summed E-state index contributed by atoms with van der Waals surface area (Å²) >= 11 is 1.53. The molecule has 120 valence electrons. The molecule has 3 N–H and O–H groups in total. The van der Waals surface area contributed by atoms with Crippen molar-refractivity contribution in [3.63, 3.8) is 0 Å². The van der Waals surface area contributed by atoms with Gasteiger partial charge in [0.05, 0.1) is 10.2 Å². The summed E-state index contributed by atoms with van der Waals surface area (Å²) in [6, 6.07) is 14.1. The minimum Gasteiger partial charge on any atom is -0.368 e. The number of rotatable bonds is 3. The molecule has 4 rings (SSSR count). The number of para-hydroxylation sites is 1. The van der Waals surface area contributed by atoms with Gasteiger partial charge in [-0.1, -0.05) is 29.5 Å². The Bertz CT molecular complexity index is 1000. The van der Waals surface area contributed by atoms with Crippen molar-refractivity contribution < 1.29 is 0 Å². The Balaban J connectivity index is 1.67. The SMILES string of the molecule is Cc1ccc(Nc2nc(N)n(-c3nc4ccccc4s3)n2)cc1C. The molecule has 0 spiro atoms. The highest BCUT2D eigenvalue weighted by Gasteiger charge is 2.13. The second kappa shape index (κ2) is 5.61. The van der Waals surface area contributed by atoms with Crippen LogP contribution < -0.4 is 11.1 Å². The number of aromatic nitrogens is 4. The van der Waals surface area contributed by atoms with Crippen molar-refractivity contribution >= 4 is 39.1 Å². The highest BCUT2D eigenvalue weighted by atomic mass is 32.1. The monoisotopic (exact) mass is 336 g/mol. The fraction of sp³-hybridized carbons (Fsp3) is 0.118. The van der Waals surface area contributed by atoms with Gasteiger partial charge in [-0.25, -0.2) is 4.98 Å². The summed E-state index contributed by atoms with van der Waals surface area (Å²) in [6.07, 6.45) is 0. The first-order chi connectivity index (χ1) is 11.6. The molecule has 7 heteroatoms. The van der Waals surface area contributed by atoms with Crippen molar-refractivity contribution in [1.29, 1.82) is 0 Å². The van der Waals surface area contributed by atoms with Crippen LogP contribution in [0.1, 0.15) is 11.1 Å². The van der Waals surface area contributed by atoms with Gasteiger partial charge in [-0.3, -0.25) is 0 Å². The van der Waals surface area contributed by atoms with Crippen LogP contribution in [0.15, 0.2) is 42.5 Å². The minimum absolute atomic E-state index is 0.306. The summed E-state index contributed by atoms with van der Waals surface area (Å²) in [5, 5.41) is 8.33. The van der Waals surface area contributed by atoms with E-state index in [9.17, 15) is 0 Å². The summed E-state index contributed by atoms with van der Waals surface area (Å²) in [5.74, 6) is 0.760. The Hall–Kier alpha value is -2.93. The lowest BCUT2D eigenvalue weighted by Gasteiger charge is -2.05. The number of fused-ring (bicyclic) bond motifs is 1. The van der Waals surface area contributed by atoms with Crippen molar-refractivity contribution in [2.75, 3.05) is 11.1 Å². The first-order valence-electron chi connectivity index (χ1n) is 7.53. The summed E-state index contributed by atoms with van der Waals surface area (Å²) in [5.41, 5.74) is 10.3. The van der Waals surface area contributed by atoms with Gasteiger partial charge in [-0.2, -0.15) is 9.67 Å². The Kier molecular flexibility index (Phi) is 3.42. The van der Waals surface area contributed by atoms with E-state index in [1.807, 2.05) is 30.3 Å². The van der Waals surface area contributed by atoms with Crippen molar-refractivity contribution in [2.45, 2.75) is 13.8 Å². The molecule has 24 heavy (non-hydrogen) atoms. The molecule has 0 atom stereocenters. The molecule has 0 aliphatic rings. The van der Waals surface area contributed by atoms with Crippen molar-refractivity contribution in [3.05, 3.63) is 53.6 Å². The first kappa shape index (κ1) is 14.6. The second-order valence-corrected chi connectivity index (χ2v) is 6.60. The maximum Gasteiger partial charge on any atom is 0.248 e. The normalized spacial score (nSPS) is 11.1. The van der Waals surface area contributed by atoms with Crippen LogP contribution in [0.25, 0.3) is 15.3 Å². The molecule has 0 bridgehead atoms. The highest BCUT2D eigenvalue weighted by molar-refractivity contribution is 7.20. The van der Waals surface area contributed by atoms with E-state index in [2.05, 4.69) is 46.4 Å². The van der Waals surface area contributed by atoms with Gasteiger partial charge in [0.25, 0.3) is 0 Å². The van der Waals surface area contributed by atoms with Crippen LogP contribution in [-0.2, 0) is 0 Å². The van der Waals surface area contributed by atoms with E-state index in [-0.39, 0.29) is 0 Å². The van der Waals surface area contributed by atoms with Gasteiger partial charge in [0, 0.05) is 5.69 Å². The summed E-state index contributed by atoms with van der Waals surface area (Å²) in [7, 11) is 0. The summed E-state index contributed by atoms with van der Waals surface area (Å²) in [4.78, 5) is 8.85. The fourth-order valence-corrected chi connectivity index (χ4v) is 3.34. The fourth-order valence-electron chi connectivity index (χ4n) is 2.42. The Morgan fingerprint density at radius 1 is 1.04 bits per heavy atom. The van der Waals surface area contributed by atoms with Gasteiger partial charge in [0.2, 0.25) is 17.0 Å². The van der Waals surface area contributed by atoms with Gasteiger partial charge in [-0.15, -0.1) is 5.10 Å². The number of anilines is 3. The van der Waals surface area contributed by atoms with Crippen LogP contribution in [0.2, 0.25) is 0 Å². The number of nitrogen functional groups attached to an aromatic ring is 1. The van der Waals surface area contributed by atoms with E-state index in [1.54, 1.807) is 4.68 Å². The standard InChI is InChI=1S/C17H16N6S/c1-10-7-8-12(9-11(10)2)19-16-21-15(18)23(22-16)17-20-13-5-3-4-6-14(13)24-17/h3-9H,1-2H3,(H3,18,19,21,22). The van der Waals surface area contributed by atoms with Crippen molar-refractivity contribution in [1.82, 2.24) is 19.7 Å². The number of thiazole rings is 1. The molecule has 0 saturated carbocycles. The van der Waals surface area contributed by atoms with Crippen LogP contribution in [0.3, 0.4) is 0 Å². The number of nitrogens with two attached hydrogens (primary N) is 1. The molecule has 0 amide bonds. The number of nitrogens with one attached hydrogen (secondary N) is 1. The molecular formula is C17H16N6S. The van der Waals surface area contributed by atoms with Crippen LogP contribution in [0, 0.1) is 13.8 Å². The Labute approximate surface area is 143 Å². The average Bonchev–Trinajstić information content (AvgIpc) is 3.14. The van der Waals surface area contributed by atoms with Gasteiger partial charge >= 0.3 is 0 Å². The molecule has 0 saturated heterocycles. The molecule has 4 aromatic rings.